The molecule has 3 atom stereocenters. The number of rotatable bonds is 9. The highest BCUT2D eigenvalue weighted by Gasteiger charge is 2.27. The first kappa shape index (κ1) is 21.3. The van der Waals surface area contributed by atoms with Crippen LogP contribution < -0.4 is 5.32 Å². The molecule has 1 amide bonds. The Morgan fingerprint density at radius 3 is 2.41 bits per heavy atom. The van der Waals surface area contributed by atoms with Gasteiger partial charge in [0.05, 0.1) is 25.4 Å². The molecule has 0 heterocycles. The highest BCUT2D eigenvalue weighted by molar-refractivity contribution is 7.47. The van der Waals surface area contributed by atoms with E-state index in [0.29, 0.717) is 6.42 Å². The van der Waals surface area contributed by atoms with Gasteiger partial charge in [-0.2, -0.15) is 0 Å². The molecule has 8 heteroatoms. The fourth-order valence-corrected chi connectivity index (χ4v) is 2.24. The normalized spacial score (nSPS) is 18.0. The average Bonchev–Trinajstić information content (AvgIpc) is 2.32. The monoisotopic (exact) mass is 337 g/mol. The molecular weight excluding hydrogens is 309 g/mol. The minimum atomic E-state index is -4.22. The van der Waals surface area contributed by atoms with Crippen LogP contribution in [0.5, 0.6) is 0 Å². The van der Waals surface area contributed by atoms with Crippen LogP contribution in [0.15, 0.2) is 12.2 Å². The van der Waals surface area contributed by atoms with Crippen molar-refractivity contribution in [2.75, 3.05) is 13.2 Å². The van der Waals surface area contributed by atoms with Crippen molar-refractivity contribution in [2.45, 2.75) is 53.2 Å². The van der Waals surface area contributed by atoms with Crippen LogP contribution in [0.1, 0.15) is 41.0 Å². The number of phosphoric acid groups is 1. The molecule has 0 radical (unpaired) electrons. The first-order valence-corrected chi connectivity index (χ1v) is 8.66. The van der Waals surface area contributed by atoms with Gasteiger partial charge in [-0.15, -0.1) is 0 Å². The zero-order valence-electron chi connectivity index (χ0n) is 13.9. The molecule has 0 aliphatic carbocycles. The van der Waals surface area contributed by atoms with Gasteiger partial charge in [0, 0.05) is 6.92 Å². The number of phosphoric ester groups is 1. The molecule has 7 nitrogen and oxygen atoms in total. The van der Waals surface area contributed by atoms with Crippen molar-refractivity contribution >= 4 is 13.7 Å². The van der Waals surface area contributed by atoms with Gasteiger partial charge in [-0.05, 0) is 18.8 Å². The third-order valence-electron chi connectivity index (χ3n) is 2.71. The van der Waals surface area contributed by atoms with Crippen molar-refractivity contribution in [2.24, 2.45) is 5.41 Å². The summed E-state index contributed by atoms with van der Waals surface area (Å²) in [6.07, 6.45) is 2.63. The fraction of sp³-hybridized carbons (Fsp3) is 0.786. The quantitative estimate of drug-likeness (QED) is 0.439. The SMILES string of the molecule is C/C=C/[C@@H](O)[C@H](COP(=O)(O)OCCC(C)(C)C)NC(C)=O. The Hall–Kier alpha value is -0.720. The Morgan fingerprint density at radius 2 is 1.95 bits per heavy atom. The van der Waals surface area contributed by atoms with E-state index in [1.807, 2.05) is 20.8 Å². The standard InChI is InChI=1S/C14H28NO6P/c1-6-7-13(17)12(15-11(2)16)10-21-22(18,19)20-9-8-14(3,4)5/h6-7,12-13,17H,8-10H2,1-5H3,(H,15,16)(H,18,19)/b7-6+/t12-,13+/m0/s1. The number of nitrogens with one attached hydrogen (secondary N) is 1. The number of aliphatic hydroxyl groups is 1. The second kappa shape index (κ2) is 9.43. The number of carbonyl (C=O) groups is 1. The summed E-state index contributed by atoms with van der Waals surface area (Å²) in [7, 11) is -4.22. The molecule has 0 aromatic heterocycles. The highest BCUT2D eigenvalue weighted by Crippen LogP contribution is 2.44. The third kappa shape index (κ3) is 10.9. The van der Waals surface area contributed by atoms with E-state index < -0.39 is 20.0 Å². The van der Waals surface area contributed by atoms with Crippen LogP contribution >= 0.6 is 7.82 Å². The molecule has 0 aliphatic rings. The number of amides is 1. The van der Waals surface area contributed by atoms with Gasteiger partial charge in [-0.3, -0.25) is 13.8 Å². The molecule has 1 unspecified atom stereocenters. The third-order valence-corrected chi connectivity index (χ3v) is 3.70. The molecule has 3 N–H and O–H groups in total. The van der Waals surface area contributed by atoms with E-state index in [0.717, 1.165) is 0 Å². The predicted octanol–water partition coefficient (Wildman–Crippen LogP) is 2.00. The second-order valence-electron chi connectivity index (χ2n) is 6.23. The van der Waals surface area contributed by atoms with Crippen molar-refractivity contribution in [3.63, 3.8) is 0 Å². The maximum Gasteiger partial charge on any atom is 0.472 e. The molecule has 22 heavy (non-hydrogen) atoms. The predicted molar refractivity (Wildman–Crippen MR) is 84.2 cm³/mol. The van der Waals surface area contributed by atoms with Gasteiger partial charge in [-0.25, -0.2) is 4.57 Å². The molecule has 0 saturated heterocycles. The van der Waals surface area contributed by atoms with Crippen LogP contribution in [0.4, 0.5) is 0 Å². The Kier molecular flexibility index (Phi) is 9.12. The van der Waals surface area contributed by atoms with Gasteiger partial charge in [0.25, 0.3) is 0 Å². The zero-order valence-corrected chi connectivity index (χ0v) is 14.8. The second-order valence-corrected chi connectivity index (χ2v) is 7.69. The molecule has 0 aliphatic heterocycles. The lowest BCUT2D eigenvalue weighted by Crippen LogP contribution is -2.44. The Labute approximate surface area is 132 Å². The van der Waals surface area contributed by atoms with Gasteiger partial charge in [0.2, 0.25) is 5.91 Å². The lowest BCUT2D eigenvalue weighted by Gasteiger charge is -2.23. The minimum absolute atomic E-state index is 0.0269. The van der Waals surface area contributed by atoms with Crippen molar-refractivity contribution in [1.29, 1.82) is 0 Å². The van der Waals surface area contributed by atoms with Gasteiger partial charge in [0.15, 0.2) is 0 Å². The smallest absolute Gasteiger partial charge is 0.387 e. The Bertz CT molecular complexity index is 418. The van der Waals surface area contributed by atoms with Crippen molar-refractivity contribution < 1.29 is 28.4 Å². The summed E-state index contributed by atoms with van der Waals surface area (Å²) >= 11 is 0. The summed E-state index contributed by atoms with van der Waals surface area (Å²) < 4.78 is 21.5. The molecule has 0 spiro atoms. The first-order chi connectivity index (χ1) is 9.97. The van der Waals surface area contributed by atoms with E-state index in [4.69, 9.17) is 9.05 Å². The van der Waals surface area contributed by atoms with E-state index in [1.165, 1.54) is 13.0 Å². The number of allylic oxidation sites excluding steroid dienone is 1. The Balaban J connectivity index is 4.48. The van der Waals surface area contributed by atoms with Gasteiger partial charge in [0.1, 0.15) is 0 Å². The minimum Gasteiger partial charge on any atom is -0.387 e. The topological polar surface area (TPSA) is 105 Å². The summed E-state index contributed by atoms with van der Waals surface area (Å²) in [5.41, 5.74) is -0.0269. The van der Waals surface area contributed by atoms with Crippen LogP contribution in [0, 0.1) is 5.41 Å². The maximum atomic E-state index is 11.8. The molecule has 0 rings (SSSR count). The molecule has 130 valence electrons. The maximum absolute atomic E-state index is 11.8. The highest BCUT2D eigenvalue weighted by atomic mass is 31.2. The summed E-state index contributed by atoms with van der Waals surface area (Å²) in [5, 5.41) is 12.3. The number of carbonyl (C=O) groups excluding carboxylic acids is 1. The number of hydrogen-bond donors (Lipinski definition) is 3. The van der Waals surface area contributed by atoms with Crippen LogP contribution in [0.25, 0.3) is 0 Å². The fourth-order valence-electron chi connectivity index (χ4n) is 1.50. The van der Waals surface area contributed by atoms with Crippen molar-refractivity contribution in [1.82, 2.24) is 5.32 Å². The van der Waals surface area contributed by atoms with Crippen LogP contribution in [0.3, 0.4) is 0 Å². The summed E-state index contributed by atoms with van der Waals surface area (Å²) in [6, 6.07) is -0.833. The molecule has 0 bridgehead atoms. The molecule has 0 aromatic carbocycles. The van der Waals surface area contributed by atoms with Crippen LogP contribution in [0.2, 0.25) is 0 Å². The van der Waals surface area contributed by atoms with E-state index in [2.05, 4.69) is 5.32 Å². The van der Waals surface area contributed by atoms with Crippen LogP contribution in [-0.4, -0.2) is 41.3 Å². The van der Waals surface area contributed by atoms with E-state index in [-0.39, 0.29) is 24.5 Å². The van der Waals surface area contributed by atoms with E-state index in [1.54, 1.807) is 13.0 Å². The lowest BCUT2D eigenvalue weighted by atomic mass is 9.93. The lowest BCUT2D eigenvalue weighted by molar-refractivity contribution is -0.120. The first-order valence-electron chi connectivity index (χ1n) is 7.17. The van der Waals surface area contributed by atoms with Crippen molar-refractivity contribution in [3.8, 4) is 0 Å². The summed E-state index contributed by atoms with van der Waals surface area (Å²) in [6.45, 7) is 8.70. The van der Waals surface area contributed by atoms with E-state index >= 15 is 0 Å². The number of hydrogen-bond acceptors (Lipinski definition) is 5. The average molecular weight is 337 g/mol. The van der Waals surface area contributed by atoms with Gasteiger partial charge >= 0.3 is 7.82 Å². The molecule has 0 saturated carbocycles. The van der Waals surface area contributed by atoms with Gasteiger partial charge in [-0.1, -0.05) is 32.9 Å². The molecule has 0 aromatic rings. The van der Waals surface area contributed by atoms with Crippen LogP contribution in [-0.2, 0) is 18.4 Å². The number of aliphatic hydroxyl groups excluding tert-OH is 1. The van der Waals surface area contributed by atoms with E-state index in [9.17, 15) is 19.4 Å². The van der Waals surface area contributed by atoms with Gasteiger partial charge < -0.3 is 15.3 Å². The Morgan fingerprint density at radius 1 is 1.36 bits per heavy atom. The molecule has 0 fully saturated rings. The summed E-state index contributed by atoms with van der Waals surface area (Å²) in [4.78, 5) is 20.7. The molecular formula is C14H28NO6P. The summed E-state index contributed by atoms with van der Waals surface area (Å²) in [5.74, 6) is -0.376. The van der Waals surface area contributed by atoms with Crippen molar-refractivity contribution in [3.05, 3.63) is 12.2 Å². The zero-order chi connectivity index (χ0) is 17.4. The largest absolute Gasteiger partial charge is 0.472 e.